The molecule has 10 nitrogen and oxygen atoms in total. The third-order valence-corrected chi connectivity index (χ3v) is 10.5. The molecule has 6 rings (SSSR count). The maximum absolute atomic E-state index is 13.8. The van der Waals surface area contributed by atoms with Gasteiger partial charge in [0.2, 0.25) is 11.7 Å². The van der Waals surface area contributed by atoms with E-state index in [2.05, 4.69) is 26.0 Å². The number of carbonyl (C=O) groups excluding carboxylic acids is 3. The number of hydrogen-bond acceptors (Lipinski definition) is 7. The summed E-state index contributed by atoms with van der Waals surface area (Å²) in [5.74, 6) is -1.97. The first kappa shape index (κ1) is 37.9. The Kier molecular flexibility index (Phi) is 12.0. The van der Waals surface area contributed by atoms with E-state index in [4.69, 9.17) is 5.73 Å². The lowest BCUT2D eigenvalue weighted by Gasteiger charge is -2.27. The van der Waals surface area contributed by atoms with Crippen molar-refractivity contribution in [3.05, 3.63) is 89.2 Å². The van der Waals surface area contributed by atoms with Gasteiger partial charge in [-0.15, -0.1) is 0 Å². The Morgan fingerprint density at radius 2 is 1.58 bits per heavy atom. The Balaban J connectivity index is 1.14. The molecule has 1 aliphatic heterocycles. The van der Waals surface area contributed by atoms with Crippen LogP contribution in [-0.2, 0) is 22.2 Å². The largest absolute Gasteiger partial charge is 0.451 e. The number of aryl methyl sites for hydroxylation is 1. The van der Waals surface area contributed by atoms with Crippen LogP contribution < -0.4 is 21.7 Å². The fourth-order valence-electron chi connectivity index (χ4n) is 7.32. The van der Waals surface area contributed by atoms with Gasteiger partial charge in [0.1, 0.15) is 5.78 Å². The first-order valence-corrected chi connectivity index (χ1v) is 18.3. The summed E-state index contributed by atoms with van der Waals surface area (Å²) in [6.45, 7) is 4.39. The Morgan fingerprint density at radius 1 is 0.906 bits per heavy atom. The quantitative estimate of drug-likeness (QED) is 0.112. The highest BCUT2D eigenvalue weighted by atomic mass is 19.4. The molecule has 2 amide bonds. The highest BCUT2D eigenvalue weighted by molar-refractivity contribution is 5.96. The monoisotopic (exact) mass is 729 g/mol. The first-order chi connectivity index (χ1) is 25.5. The fraction of sp³-hybridized carbons (Fsp3) is 0.425. The Labute approximate surface area is 306 Å². The molecule has 53 heavy (non-hydrogen) atoms. The lowest BCUT2D eigenvalue weighted by Crippen LogP contribution is -2.42. The summed E-state index contributed by atoms with van der Waals surface area (Å²) >= 11 is 0. The number of Topliss-reactive ketones (excluding diaryl/α,β-unsaturated/α-hetero) is 1. The summed E-state index contributed by atoms with van der Waals surface area (Å²) in [5, 5.41) is 14.9. The van der Waals surface area contributed by atoms with Crippen LogP contribution in [0.4, 0.5) is 18.9 Å². The van der Waals surface area contributed by atoms with E-state index >= 15 is 0 Å². The molecule has 3 aromatic carbocycles. The normalized spacial score (nSPS) is 18.7. The molecule has 2 heterocycles. The first-order valence-electron chi connectivity index (χ1n) is 18.3. The summed E-state index contributed by atoms with van der Waals surface area (Å²) in [6.07, 6.45) is 0.924. The number of carbonyl (C=O) groups is 3. The lowest BCUT2D eigenvalue weighted by molar-refractivity contribution is -0.144. The van der Waals surface area contributed by atoms with Crippen LogP contribution in [0.3, 0.4) is 0 Å². The Morgan fingerprint density at radius 3 is 2.21 bits per heavy atom. The van der Waals surface area contributed by atoms with Crippen LogP contribution in [0.5, 0.6) is 0 Å². The Hall–Kier alpha value is -4.88. The number of H-pyrrole nitrogens is 1. The topological polar surface area (TPSA) is 155 Å². The predicted octanol–water partition coefficient (Wildman–Crippen LogP) is 6.47. The third-order valence-electron chi connectivity index (χ3n) is 10.5. The van der Waals surface area contributed by atoms with E-state index in [1.165, 1.54) is 12.1 Å². The smallest absolute Gasteiger partial charge is 0.349 e. The fourth-order valence-corrected chi connectivity index (χ4v) is 7.32. The number of rotatable bonds is 12. The van der Waals surface area contributed by atoms with Gasteiger partial charge in [-0.2, -0.15) is 18.3 Å². The van der Waals surface area contributed by atoms with Gasteiger partial charge in [-0.05, 0) is 136 Å². The minimum Gasteiger partial charge on any atom is -0.349 e. The number of alkyl halides is 3. The second kappa shape index (κ2) is 16.9. The molecule has 6 N–H and O–H groups in total. The van der Waals surface area contributed by atoms with Crippen LogP contribution in [0.1, 0.15) is 72.3 Å². The molecule has 2 fully saturated rings. The van der Waals surface area contributed by atoms with E-state index in [-0.39, 0.29) is 41.8 Å². The zero-order chi connectivity index (χ0) is 37.5. The van der Waals surface area contributed by atoms with Crippen molar-refractivity contribution in [1.82, 2.24) is 25.8 Å². The molecule has 0 unspecified atom stereocenters. The number of hydrogen-bond donors (Lipinski definition) is 5. The second-order valence-corrected chi connectivity index (χ2v) is 14.3. The number of benzene rings is 3. The molecule has 1 saturated heterocycles. The van der Waals surface area contributed by atoms with Crippen LogP contribution in [-0.4, -0.2) is 58.5 Å². The Bertz CT molecular complexity index is 1880. The van der Waals surface area contributed by atoms with Crippen molar-refractivity contribution in [2.24, 2.45) is 23.5 Å². The number of nitrogens with zero attached hydrogens (tertiary/aromatic N) is 2. The molecule has 1 atom stereocenters. The minimum absolute atomic E-state index is 0.0672. The summed E-state index contributed by atoms with van der Waals surface area (Å²) in [7, 11) is 0. The number of halogens is 3. The van der Waals surface area contributed by atoms with Crippen LogP contribution in [0.25, 0.3) is 22.5 Å². The SMILES string of the molecule is Cc1cc(C(=O)NC2CCNCC2)ccc1-c1ccc(C[C@H](CC(=O)C2CCC(CN)CC2)C(=O)Nc2ccc(-c3n[nH]c(C(F)(F)F)n3)cc2)cc1. The van der Waals surface area contributed by atoms with Crippen LogP contribution >= 0.6 is 0 Å². The van der Waals surface area contributed by atoms with Gasteiger partial charge in [0.15, 0.2) is 5.82 Å². The molecule has 280 valence electrons. The molecular formula is C40H46F3N7O3. The second-order valence-electron chi connectivity index (χ2n) is 14.3. The number of ketones is 1. The average molecular weight is 730 g/mol. The molecule has 0 spiro atoms. The summed E-state index contributed by atoms with van der Waals surface area (Å²) in [6, 6.07) is 20.0. The number of aromatic nitrogens is 3. The molecule has 1 saturated carbocycles. The molecule has 2 aliphatic rings. The van der Waals surface area contributed by atoms with Gasteiger partial charge < -0.3 is 21.7 Å². The van der Waals surface area contributed by atoms with E-state index < -0.39 is 17.9 Å². The van der Waals surface area contributed by atoms with Gasteiger partial charge in [0, 0.05) is 41.1 Å². The molecule has 0 radical (unpaired) electrons. The van der Waals surface area contributed by atoms with Crippen molar-refractivity contribution in [2.75, 3.05) is 25.0 Å². The van der Waals surface area contributed by atoms with Crippen molar-refractivity contribution in [3.63, 3.8) is 0 Å². The standard InChI is InChI=1S/C40H46F3N7O3/c1-24-20-30(37(52)47-33-16-18-45-19-17-33)12-15-34(24)27-6-2-25(3-7-27)21-31(22-35(51)28-8-4-26(23-44)5-9-28)38(53)46-32-13-10-29(11-14-32)36-48-39(50-49-36)40(41,42)43/h2-3,6-7,10-15,20,26,28,31,33,45H,4-5,8-9,16-19,21-23,44H2,1H3,(H,46,53)(H,47,52)(H,48,49,50)/t26?,28?,31-/m1/s1. The maximum Gasteiger partial charge on any atom is 0.451 e. The van der Waals surface area contributed by atoms with Crippen LogP contribution in [0.15, 0.2) is 66.7 Å². The van der Waals surface area contributed by atoms with Crippen molar-refractivity contribution < 1.29 is 27.6 Å². The summed E-state index contributed by atoms with van der Waals surface area (Å²) in [5.41, 5.74) is 11.1. The van der Waals surface area contributed by atoms with Gasteiger partial charge in [-0.1, -0.05) is 30.3 Å². The highest BCUT2D eigenvalue weighted by Gasteiger charge is 2.35. The van der Waals surface area contributed by atoms with Gasteiger partial charge in [0.05, 0.1) is 0 Å². The number of nitrogens with two attached hydrogens (primary N) is 1. The van der Waals surface area contributed by atoms with Crippen molar-refractivity contribution >= 4 is 23.3 Å². The predicted molar refractivity (Wildman–Crippen MR) is 197 cm³/mol. The van der Waals surface area contributed by atoms with Crippen molar-refractivity contribution in [3.8, 4) is 22.5 Å². The van der Waals surface area contributed by atoms with E-state index in [1.807, 2.05) is 54.5 Å². The van der Waals surface area contributed by atoms with E-state index in [0.29, 0.717) is 35.7 Å². The summed E-state index contributed by atoms with van der Waals surface area (Å²) < 4.78 is 39.0. The van der Waals surface area contributed by atoms with Crippen molar-refractivity contribution in [2.45, 2.75) is 70.5 Å². The van der Waals surface area contributed by atoms with Crippen LogP contribution in [0, 0.1) is 24.7 Å². The lowest BCUT2D eigenvalue weighted by atomic mass is 9.77. The van der Waals surface area contributed by atoms with Gasteiger partial charge >= 0.3 is 6.18 Å². The van der Waals surface area contributed by atoms with Crippen LogP contribution in [0.2, 0.25) is 0 Å². The molecule has 1 aromatic heterocycles. The minimum atomic E-state index is -4.65. The maximum atomic E-state index is 13.8. The molecule has 13 heteroatoms. The van der Waals surface area contributed by atoms with E-state index in [0.717, 1.165) is 73.9 Å². The number of anilines is 1. The highest BCUT2D eigenvalue weighted by Crippen LogP contribution is 2.32. The number of piperidine rings is 1. The average Bonchev–Trinajstić information content (AvgIpc) is 3.67. The van der Waals surface area contributed by atoms with Gasteiger partial charge in [-0.25, -0.2) is 4.98 Å². The third kappa shape index (κ3) is 9.76. The number of nitrogens with one attached hydrogen (secondary N) is 4. The molecular weight excluding hydrogens is 683 g/mol. The molecule has 1 aliphatic carbocycles. The molecule has 4 aromatic rings. The van der Waals surface area contributed by atoms with Gasteiger partial charge in [-0.3, -0.25) is 19.5 Å². The van der Waals surface area contributed by atoms with Gasteiger partial charge in [0.25, 0.3) is 5.91 Å². The van der Waals surface area contributed by atoms with Crippen molar-refractivity contribution in [1.29, 1.82) is 0 Å². The van der Waals surface area contributed by atoms with E-state index in [1.54, 1.807) is 12.1 Å². The number of amides is 2. The van der Waals surface area contributed by atoms with E-state index in [9.17, 15) is 27.6 Å². The zero-order valence-electron chi connectivity index (χ0n) is 29.8. The molecule has 0 bridgehead atoms. The summed E-state index contributed by atoms with van der Waals surface area (Å²) in [4.78, 5) is 43.8. The number of aromatic amines is 1. The zero-order valence-corrected chi connectivity index (χ0v) is 29.8.